The number of hydrogen-bond donors (Lipinski definition) is 0. The van der Waals surface area contributed by atoms with E-state index in [1.807, 2.05) is 0 Å². The Balaban J connectivity index is 2.88. The molecule has 1 aliphatic rings. The van der Waals surface area contributed by atoms with Gasteiger partial charge in [0.25, 0.3) is 0 Å². The highest BCUT2D eigenvalue weighted by molar-refractivity contribution is 7.82. The lowest BCUT2D eigenvalue weighted by molar-refractivity contribution is -0.161. The SMILES string of the molecule is CCOC(=O)[C@H]1OS(=O)(=O)O[C@@H]1C(=O)OC. The first-order chi connectivity index (χ1) is 7.41. The predicted molar refractivity (Wildman–Crippen MR) is 47.3 cm³/mol. The second-order valence-electron chi connectivity index (χ2n) is 2.72. The summed E-state index contributed by atoms with van der Waals surface area (Å²) in [6, 6.07) is 0. The Morgan fingerprint density at radius 3 is 2.12 bits per heavy atom. The molecule has 1 aliphatic heterocycles. The van der Waals surface area contributed by atoms with Crippen LogP contribution in [0.3, 0.4) is 0 Å². The van der Waals surface area contributed by atoms with Gasteiger partial charge in [-0.3, -0.25) is 0 Å². The minimum absolute atomic E-state index is 0.0205. The van der Waals surface area contributed by atoms with Gasteiger partial charge in [-0.1, -0.05) is 0 Å². The van der Waals surface area contributed by atoms with E-state index in [-0.39, 0.29) is 6.61 Å². The molecule has 0 amide bonds. The highest BCUT2D eigenvalue weighted by atomic mass is 32.3. The van der Waals surface area contributed by atoms with Crippen LogP contribution in [0.1, 0.15) is 6.92 Å². The average molecular weight is 254 g/mol. The molecule has 16 heavy (non-hydrogen) atoms. The molecule has 1 saturated heterocycles. The summed E-state index contributed by atoms with van der Waals surface area (Å²) >= 11 is 0. The summed E-state index contributed by atoms with van der Waals surface area (Å²) in [5.74, 6) is -2.03. The summed E-state index contributed by atoms with van der Waals surface area (Å²) in [4.78, 5) is 22.4. The molecule has 0 N–H and O–H groups in total. The Labute approximate surface area is 91.7 Å². The maximum Gasteiger partial charge on any atom is 0.401 e. The van der Waals surface area contributed by atoms with Crippen LogP contribution in [0.5, 0.6) is 0 Å². The van der Waals surface area contributed by atoms with Gasteiger partial charge in [-0.05, 0) is 6.92 Å². The maximum atomic E-state index is 11.3. The van der Waals surface area contributed by atoms with Crippen LogP contribution in [0.25, 0.3) is 0 Å². The molecule has 0 bridgehead atoms. The van der Waals surface area contributed by atoms with Crippen LogP contribution in [0.2, 0.25) is 0 Å². The van der Waals surface area contributed by atoms with Crippen molar-refractivity contribution in [2.24, 2.45) is 0 Å². The molecule has 1 heterocycles. The van der Waals surface area contributed by atoms with Crippen molar-refractivity contribution in [1.82, 2.24) is 0 Å². The van der Waals surface area contributed by atoms with Gasteiger partial charge < -0.3 is 9.47 Å². The molecular weight excluding hydrogens is 244 g/mol. The minimum atomic E-state index is -4.36. The van der Waals surface area contributed by atoms with Crippen molar-refractivity contribution in [3.05, 3.63) is 0 Å². The van der Waals surface area contributed by atoms with Crippen molar-refractivity contribution in [2.45, 2.75) is 19.1 Å². The third kappa shape index (κ3) is 2.68. The van der Waals surface area contributed by atoms with E-state index in [9.17, 15) is 18.0 Å². The Kier molecular flexibility index (Phi) is 3.83. The van der Waals surface area contributed by atoms with Crippen molar-refractivity contribution in [3.63, 3.8) is 0 Å². The summed E-state index contributed by atoms with van der Waals surface area (Å²) < 4.78 is 39.2. The first-order valence-corrected chi connectivity index (χ1v) is 5.60. The smallest absolute Gasteiger partial charge is 0.401 e. The molecular formula is C7H10O8S. The number of carbonyl (C=O) groups is 2. The standard InChI is InChI=1S/C7H10O8S/c1-3-13-7(9)5-4(6(8)12-2)14-16(10,11)15-5/h4-5H,3H2,1-2H3/t4-,5-/m0/s1. The highest BCUT2D eigenvalue weighted by Crippen LogP contribution is 2.22. The molecule has 9 heteroatoms. The van der Waals surface area contributed by atoms with E-state index in [1.54, 1.807) is 0 Å². The van der Waals surface area contributed by atoms with E-state index in [1.165, 1.54) is 6.92 Å². The minimum Gasteiger partial charge on any atom is -0.467 e. The first kappa shape index (κ1) is 12.9. The van der Waals surface area contributed by atoms with Gasteiger partial charge in [0.15, 0.2) is 0 Å². The fraction of sp³-hybridized carbons (Fsp3) is 0.714. The zero-order valence-electron chi connectivity index (χ0n) is 8.54. The van der Waals surface area contributed by atoms with Crippen LogP contribution in [0.15, 0.2) is 0 Å². The van der Waals surface area contributed by atoms with Gasteiger partial charge in [0, 0.05) is 0 Å². The second kappa shape index (κ2) is 4.76. The van der Waals surface area contributed by atoms with Crippen molar-refractivity contribution in [1.29, 1.82) is 0 Å². The van der Waals surface area contributed by atoms with Gasteiger partial charge in [-0.2, -0.15) is 8.42 Å². The quantitative estimate of drug-likeness (QED) is 0.575. The Hall–Kier alpha value is -1.19. The predicted octanol–water partition coefficient (Wildman–Crippen LogP) is -1.25. The molecule has 1 fully saturated rings. The number of carbonyl (C=O) groups excluding carboxylic acids is 2. The van der Waals surface area contributed by atoms with Crippen molar-refractivity contribution in [2.75, 3.05) is 13.7 Å². The molecule has 92 valence electrons. The van der Waals surface area contributed by atoms with Gasteiger partial charge in [-0.25, -0.2) is 18.0 Å². The lowest BCUT2D eigenvalue weighted by Gasteiger charge is -2.10. The summed E-state index contributed by atoms with van der Waals surface area (Å²) in [6.45, 7) is 1.54. The van der Waals surface area contributed by atoms with Crippen LogP contribution in [0.4, 0.5) is 0 Å². The molecule has 1 rings (SSSR count). The topological polar surface area (TPSA) is 105 Å². The Morgan fingerprint density at radius 1 is 1.19 bits per heavy atom. The number of rotatable bonds is 3. The summed E-state index contributed by atoms with van der Waals surface area (Å²) in [5.41, 5.74) is 0. The third-order valence-corrected chi connectivity index (χ3v) is 2.56. The summed E-state index contributed by atoms with van der Waals surface area (Å²) in [6.07, 6.45) is -3.31. The van der Waals surface area contributed by atoms with Crippen LogP contribution in [-0.2, 0) is 37.8 Å². The molecule has 2 atom stereocenters. The number of methoxy groups -OCH3 is 1. The van der Waals surface area contributed by atoms with Crippen LogP contribution in [0, 0.1) is 0 Å². The van der Waals surface area contributed by atoms with Gasteiger partial charge in [0.05, 0.1) is 13.7 Å². The first-order valence-electron chi connectivity index (χ1n) is 4.27. The molecule has 0 spiro atoms. The second-order valence-corrected chi connectivity index (χ2v) is 3.92. The van der Waals surface area contributed by atoms with Gasteiger partial charge >= 0.3 is 22.3 Å². The van der Waals surface area contributed by atoms with Crippen LogP contribution >= 0.6 is 0 Å². The monoisotopic (exact) mass is 254 g/mol. The number of ether oxygens (including phenoxy) is 2. The van der Waals surface area contributed by atoms with Gasteiger partial charge in [0.1, 0.15) is 0 Å². The van der Waals surface area contributed by atoms with E-state index < -0.39 is 34.5 Å². The molecule has 0 aromatic rings. The van der Waals surface area contributed by atoms with Crippen LogP contribution in [-0.4, -0.2) is 46.3 Å². The van der Waals surface area contributed by atoms with E-state index in [0.29, 0.717) is 0 Å². The molecule has 0 radical (unpaired) electrons. The number of esters is 2. The molecule has 0 aromatic heterocycles. The maximum absolute atomic E-state index is 11.3. The fourth-order valence-electron chi connectivity index (χ4n) is 1.04. The molecule has 0 aliphatic carbocycles. The number of hydrogen-bond acceptors (Lipinski definition) is 8. The van der Waals surface area contributed by atoms with Gasteiger partial charge in [-0.15, -0.1) is 0 Å². The average Bonchev–Trinajstić information content (AvgIpc) is 2.54. The molecule has 0 aromatic carbocycles. The fourth-order valence-corrected chi connectivity index (χ4v) is 1.96. The zero-order chi connectivity index (χ0) is 12.3. The summed E-state index contributed by atoms with van der Waals surface area (Å²) in [7, 11) is -3.34. The van der Waals surface area contributed by atoms with E-state index in [0.717, 1.165) is 7.11 Å². The largest absolute Gasteiger partial charge is 0.467 e. The van der Waals surface area contributed by atoms with E-state index in [2.05, 4.69) is 17.8 Å². The molecule has 0 saturated carbocycles. The van der Waals surface area contributed by atoms with E-state index >= 15 is 0 Å². The lowest BCUT2D eigenvalue weighted by atomic mass is 10.2. The van der Waals surface area contributed by atoms with Gasteiger partial charge in [0.2, 0.25) is 12.2 Å². The van der Waals surface area contributed by atoms with Crippen molar-refractivity contribution >= 4 is 22.3 Å². The van der Waals surface area contributed by atoms with Crippen molar-refractivity contribution in [3.8, 4) is 0 Å². The molecule has 8 nitrogen and oxygen atoms in total. The summed E-state index contributed by atoms with van der Waals surface area (Å²) in [5, 5.41) is 0. The van der Waals surface area contributed by atoms with Crippen molar-refractivity contribution < 1.29 is 35.8 Å². The Morgan fingerprint density at radius 2 is 1.69 bits per heavy atom. The third-order valence-electron chi connectivity index (χ3n) is 1.67. The highest BCUT2D eigenvalue weighted by Gasteiger charge is 2.50. The van der Waals surface area contributed by atoms with Crippen LogP contribution < -0.4 is 0 Å². The Bertz CT molecular complexity index is 385. The zero-order valence-corrected chi connectivity index (χ0v) is 9.35. The van der Waals surface area contributed by atoms with E-state index in [4.69, 9.17) is 0 Å². The normalized spacial score (nSPS) is 27.4. The molecule has 0 unspecified atom stereocenters. The lowest BCUT2D eigenvalue weighted by Crippen LogP contribution is -2.39.